The van der Waals surface area contributed by atoms with Gasteiger partial charge in [-0.2, -0.15) is 0 Å². The van der Waals surface area contributed by atoms with Gasteiger partial charge in [-0.3, -0.25) is 0 Å². The first kappa shape index (κ1) is 13.7. The van der Waals surface area contributed by atoms with Crippen molar-refractivity contribution in [3.05, 3.63) is 17.8 Å². The van der Waals surface area contributed by atoms with Crippen molar-refractivity contribution in [1.29, 1.82) is 0 Å². The van der Waals surface area contributed by atoms with E-state index in [0.29, 0.717) is 38.0 Å². The lowest BCUT2D eigenvalue weighted by atomic mass is 10.3. The molecule has 96 valence electrons. The second-order valence-electron chi connectivity index (χ2n) is 3.71. The van der Waals surface area contributed by atoms with Crippen LogP contribution in [0.5, 0.6) is 5.88 Å². The van der Waals surface area contributed by atoms with Crippen LogP contribution in [0.2, 0.25) is 0 Å². The second kappa shape index (κ2) is 7.86. The Hall–Kier alpha value is -1.33. The molecule has 1 aromatic heterocycles. The van der Waals surface area contributed by atoms with Gasteiger partial charge in [-0.05, 0) is 25.0 Å². The van der Waals surface area contributed by atoms with Crippen molar-refractivity contribution in [1.82, 2.24) is 4.98 Å². The third-order valence-corrected chi connectivity index (χ3v) is 2.12. The van der Waals surface area contributed by atoms with Gasteiger partial charge in [0.05, 0.1) is 12.3 Å². The maximum atomic E-state index is 5.76. The molecular formula is C12H20N2O3. The van der Waals surface area contributed by atoms with Crippen LogP contribution in [-0.2, 0) is 9.47 Å². The van der Waals surface area contributed by atoms with E-state index in [1.165, 1.54) is 0 Å². The fourth-order valence-electron chi connectivity index (χ4n) is 1.30. The predicted octanol–water partition coefficient (Wildman–Crippen LogP) is 1.40. The van der Waals surface area contributed by atoms with Crippen LogP contribution in [0.25, 0.3) is 0 Å². The highest BCUT2D eigenvalue weighted by Crippen LogP contribution is 2.17. The van der Waals surface area contributed by atoms with Crippen molar-refractivity contribution in [2.45, 2.75) is 13.3 Å². The van der Waals surface area contributed by atoms with Gasteiger partial charge in [0.15, 0.2) is 0 Å². The number of methoxy groups -OCH3 is 1. The summed E-state index contributed by atoms with van der Waals surface area (Å²) in [4.78, 5) is 4.10. The summed E-state index contributed by atoms with van der Waals surface area (Å²) in [5, 5.41) is 0. The standard InChI is InChI=1S/C12H20N2O3/c1-10-8-11(13)12(14-9-10)17-7-6-16-5-3-4-15-2/h8-9H,3-7,13H2,1-2H3. The minimum absolute atomic E-state index is 0.452. The third-order valence-electron chi connectivity index (χ3n) is 2.12. The Balaban J connectivity index is 2.14. The van der Waals surface area contributed by atoms with Crippen molar-refractivity contribution in [3.63, 3.8) is 0 Å². The summed E-state index contributed by atoms with van der Waals surface area (Å²) in [6.07, 6.45) is 2.62. The van der Waals surface area contributed by atoms with E-state index in [-0.39, 0.29) is 0 Å². The minimum Gasteiger partial charge on any atom is -0.474 e. The molecular weight excluding hydrogens is 220 g/mol. The molecule has 17 heavy (non-hydrogen) atoms. The van der Waals surface area contributed by atoms with E-state index in [0.717, 1.165) is 12.0 Å². The largest absolute Gasteiger partial charge is 0.474 e. The molecule has 0 fully saturated rings. The zero-order valence-corrected chi connectivity index (χ0v) is 10.4. The summed E-state index contributed by atoms with van der Waals surface area (Å²) in [5.74, 6) is 0.469. The molecule has 1 heterocycles. The molecule has 0 atom stereocenters. The van der Waals surface area contributed by atoms with E-state index in [2.05, 4.69) is 4.98 Å². The third kappa shape index (κ3) is 5.51. The highest BCUT2D eigenvalue weighted by Gasteiger charge is 2.01. The van der Waals surface area contributed by atoms with Crippen molar-refractivity contribution in [2.24, 2.45) is 0 Å². The maximum Gasteiger partial charge on any atom is 0.237 e. The van der Waals surface area contributed by atoms with Gasteiger partial charge < -0.3 is 19.9 Å². The first-order valence-electron chi connectivity index (χ1n) is 5.65. The quantitative estimate of drug-likeness (QED) is 0.696. The summed E-state index contributed by atoms with van der Waals surface area (Å²) in [6, 6.07) is 1.84. The maximum absolute atomic E-state index is 5.76. The number of pyridine rings is 1. The van der Waals surface area contributed by atoms with Gasteiger partial charge in [0.2, 0.25) is 5.88 Å². The highest BCUT2D eigenvalue weighted by molar-refractivity contribution is 5.49. The Labute approximate surface area is 102 Å². The molecule has 0 spiro atoms. The Kier molecular flexibility index (Phi) is 6.35. The topological polar surface area (TPSA) is 66.6 Å². The lowest BCUT2D eigenvalue weighted by molar-refractivity contribution is 0.0797. The molecule has 0 saturated carbocycles. The zero-order valence-electron chi connectivity index (χ0n) is 10.4. The molecule has 0 aliphatic rings. The number of aryl methyl sites for hydroxylation is 1. The number of aromatic nitrogens is 1. The normalized spacial score (nSPS) is 10.5. The average molecular weight is 240 g/mol. The molecule has 0 unspecified atom stereocenters. The van der Waals surface area contributed by atoms with Crippen LogP contribution in [0.3, 0.4) is 0 Å². The number of nitrogens with zero attached hydrogens (tertiary/aromatic N) is 1. The summed E-state index contributed by atoms with van der Waals surface area (Å²) in [6.45, 7) is 4.30. The van der Waals surface area contributed by atoms with Gasteiger partial charge >= 0.3 is 0 Å². The van der Waals surface area contributed by atoms with Crippen molar-refractivity contribution in [3.8, 4) is 5.88 Å². The van der Waals surface area contributed by atoms with Gasteiger partial charge in [-0.25, -0.2) is 4.98 Å². The summed E-state index contributed by atoms with van der Waals surface area (Å²) in [7, 11) is 1.68. The molecule has 1 rings (SSSR count). The molecule has 0 radical (unpaired) electrons. The number of ether oxygens (including phenoxy) is 3. The van der Waals surface area contributed by atoms with Gasteiger partial charge in [0.1, 0.15) is 6.61 Å². The molecule has 0 bridgehead atoms. The second-order valence-corrected chi connectivity index (χ2v) is 3.71. The number of nitrogens with two attached hydrogens (primary N) is 1. The summed E-state index contributed by atoms with van der Waals surface area (Å²) in [5.41, 5.74) is 7.34. The molecule has 5 nitrogen and oxygen atoms in total. The smallest absolute Gasteiger partial charge is 0.237 e. The zero-order chi connectivity index (χ0) is 12.5. The number of rotatable bonds is 8. The first-order valence-corrected chi connectivity index (χ1v) is 5.65. The van der Waals surface area contributed by atoms with Crippen LogP contribution in [0.4, 0.5) is 5.69 Å². The first-order chi connectivity index (χ1) is 8.24. The van der Waals surface area contributed by atoms with Crippen molar-refractivity contribution < 1.29 is 14.2 Å². The molecule has 2 N–H and O–H groups in total. The number of hydrogen-bond acceptors (Lipinski definition) is 5. The molecule has 1 aromatic rings. The molecule has 0 aromatic carbocycles. The Bertz CT molecular complexity index is 332. The van der Waals surface area contributed by atoms with Crippen molar-refractivity contribution >= 4 is 5.69 Å². The minimum atomic E-state index is 0.452. The SMILES string of the molecule is COCCCOCCOc1ncc(C)cc1N. The van der Waals surface area contributed by atoms with E-state index < -0.39 is 0 Å². The fraction of sp³-hybridized carbons (Fsp3) is 0.583. The van der Waals surface area contributed by atoms with E-state index >= 15 is 0 Å². The van der Waals surface area contributed by atoms with Crippen LogP contribution < -0.4 is 10.5 Å². The fourth-order valence-corrected chi connectivity index (χ4v) is 1.30. The Morgan fingerprint density at radius 2 is 2.06 bits per heavy atom. The molecule has 0 aliphatic carbocycles. The molecule has 5 heteroatoms. The lowest BCUT2D eigenvalue weighted by Gasteiger charge is -2.08. The van der Waals surface area contributed by atoms with Gasteiger partial charge in [0.25, 0.3) is 0 Å². The Morgan fingerprint density at radius 3 is 2.76 bits per heavy atom. The summed E-state index contributed by atoms with van der Waals surface area (Å²) < 4.78 is 15.7. The monoisotopic (exact) mass is 240 g/mol. The Morgan fingerprint density at radius 1 is 1.24 bits per heavy atom. The van der Waals surface area contributed by atoms with Crippen LogP contribution in [-0.4, -0.2) is 38.5 Å². The molecule has 0 saturated heterocycles. The van der Waals surface area contributed by atoms with E-state index in [9.17, 15) is 0 Å². The highest BCUT2D eigenvalue weighted by atomic mass is 16.5. The van der Waals surface area contributed by atoms with Crippen LogP contribution >= 0.6 is 0 Å². The van der Waals surface area contributed by atoms with E-state index in [1.807, 2.05) is 13.0 Å². The van der Waals surface area contributed by atoms with Gasteiger partial charge in [-0.1, -0.05) is 0 Å². The molecule has 0 aliphatic heterocycles. The lowest BCUT2D eigenvalue weighted by Crippen LogP contribution is -2.10. The van der Waals surface area contributed by atoms with E-state index in [1.54, 1.807) is 13.3 Å². The number of nitrogen functional groups attached to an aromatic ring is 1. The number of anilines is 1. The van der Waals surface area contributed by atoms with Gasteiger partial charge in [0, 0.05) is 26.5 Å². The van der Waals surface area contributed by atoms with Crippen molar-refractivity contribution in [2.75, 3.05) is 39.3 Å². The van der Waals surface area contributed by atoms with Crippen LogP contribution in [0.1, 0.15) is 12.0 Å². The predicted molar refractivity (Wildman–Crippen MR) is 66.2 cm³/mol. The average Bonchev–Trinajstić information content (AvgIpc) is 2.30. The van der Waals surface area contributed by atoms with Crippen LogP contribution in [0, 0.1) is 6.92 Å². The summed E-state index contributed by atoms with van der Waals surface area (Å²) >= 11 is 0. The number of hydrogen-bond donors (Lipinski definition) is 1. The molecule has 0 amide bonds. The van der Waals surface area contributed by atoms with Gasteiger partial charge in [-0.15, -0.1) is 0 Å². The van der Waals surface area contributed by atoms with E-state index in [4.69, 9.17) is 19.9 Å². The van der Waals surface area contributed by atoms with Crippen LogP contribution in [0.15, 0.2) is 12.3 Å².